The van der Waals surface area contributed by atoms with Crippen molar-refractivity contribution in [1.29, 1.82) is 0 Å². The number of rotatable bonds is 6. The van der Waals surface area contributed by atoms with E-state index in [1.807, 2.05) is 19.1 Å². The normalized spacial score (nSPS) is 12.1. The zero-order valence-electron chi connectivity index (χ0n) is 9.92. The third-order valence-corrected chi connectivity index (χ3v) is 2.27. The molecule has 84 valence electrons. The Hall–Kier alpha value is -1.31. The average molecular weight is 207 g/mol. The second kappa shape index (κ2) is 8.04. The predicted molar refractivity (Wildman–Crippen MR) is 65.6 cm³/mol. The van der Waals surface area contributed by atoms with Crippen molar-refractivity contribution in [3.63, 3.8) is 0 Å². The third-order valence-electron chi connectivity index (χ3n) is 2.27. The van der Waals surface area contributed by atoms with Gasteiger partial charge >= 0.3 is 0 Å². The van der Waals surface area contributed by atoms with Crippen LogP contribution in [-0.2, 0) is 4.79 Å². The van der Waals surface area contributed by atoms with Crippen molar-refractivity contribution in [2.24, 2.45) is 0 Å². The van der Waals surface area contributed by atoms with Gasteiger partial charge in [-0.1, -0.05) is 38.7 Å². The Bertz CT molecular complexity index is 260. The molecule has 0 aromatic carbocycles. The van der Waals surface area contributed by atoms with Crippen molar-refractivity contribution in [3.05, 3.63) is 36.5 Å². The van der Waals surface area contributed by atoms with Crippen LogP contribution in [0.4, 0.5) is 0 Å². The first-order valence-electron chi connectivity index (χ1n) is 5.45. The van der Waals surface area contributed by atoms with Crippen LogP contribution in [0.25, 0.3) is 0 Å². The van der Waals surface area contributed by atoms with Gasteiger partial charge in [-0.05, 0) is 25.8 Å². The lowest BCUT2D eigenvalue weighted by atomic mass is 10.1. The number of nitrogens with one attached hydrogen (secondary N) is 1. The molecule has 0 aromatic rings. The highest BCUT2D eigenvalue weighted by Crippen LogP contribution is 2.01. The number of amides is 1. The second-order valence-corrected chi connectivity index (χ2v) is 3.34. The molecule has 0 radical (unpaired) electrons. The van der Waals surface area contributed by atoms with Crippen LogP contribution >= 0.6 is 0 Å². The van der Waals surface area contributed by atoms with Gasteiger partial charge in [0.1, 0.15) is 0 Å². The van der Waals surface area contributed by atoms with Crippen molar-refractivity contribution in [1.82, 2.24) is 5.32 Å². The molecular weight excluding hydrogens is 186 g/mol. The molecule has 0 heterocycles. The van der Waals surface area contributed by atoms with E-state index in [-0.39, 0.29) is 11.9 Å². The van der Waals surface area contributed by atoms with Crippen molar-refractivity contribution >= 4 is 5.91 Å². The maximum absolute atomic E-state index is 11.7. The maximum Gasteiger partial charge on any atom is 0.251 e. The van der Waals surface area contributed by atoms with Crippen LogP contribution in [0.1, 0.15) is 33.6 Å². The van der Waals surface area contributed by atoms with E-state index in [1.165, 1.54) is 0 Å². The summed E-state index contributed by atoms with van der Waals surface area (Å²) in [6.45, 7) is 9.68. The molecule has 0 unspecified atom stereocenters. The summed E-state index contributed by atoms with van der Waals surface area (Å²) in [5.74, 6) is -0.0446. The molecule has 0 spiro atoms. The van der Waals surface area contributed by atoms with Crippen LogP contribution in [0, 0.1) is 0 Å². The molecule has 2 nitrogen and oxygen atoms in total. The summed E-state index contributed by atoms with van der Waals surface area (Å²) in [7, 11) is 0. The molecule has 0 fully saturated rings. The monoisotopic (exact) mass is 207 g/mol. The average Bonchev–Trinajstić information content (AvgIpc) is 2.26. The van der Waals surface area contributed by atoms with E-state index in [0.717, 1.165) is 12.8 Å². The first-order chi connectivity index (χ1) is 7.19. The SMILES string of the molecule is C=C/C(=C\C=C\C)C(=O)NC(CC)CC. The van der Waals surface area contributed by atoms with Crippen molar-refractivity contribution in [3.8, 4) is 0 Å². The highest BCUT2D eigenvalue weighted by atomic mass is 16.1. The zero-order valence-corrected chi connectivity index (χ0v) is 9.92. The first kappa shape index (κ1) is 13.7. The van der Waals surface area contributed by atoms with E-state index in [9.17, 15) is 4.79 Å². The molecule has 2 heteroatoms. The van der Waals surface area contributed by atoms with Crippen molar-refractivity contribution in [2.75, 3.05) is 0 Å². The van der Waals surface area contributed by atoms with Gasteiger partial charge in [0, 0.05) is 11.6 Å². The molecule has 0 bridgehead atoms. The molecular formula is C13H21NO. The summed E-state index contributed by atoms with van der Waals surface area (Å²) in [4.78, 5) is 11.7. The summed E-state index contributed by atoms with van der Waals surface area (Å²) in [5.41, 5.74) is 0.611. The Labute approximate surface area is 92.8 Å². The van der Waals surface area contributed by atoms with Gasteiger partial charge in [0.2, 0.25) is 0 Å². The molecule has 0 aliphatic carbocycles. The molecule has 0 saturated carbocycles. The topological polar surface area (TPSA) is 29.1 Å². The minimum absolute atomic E-state index is 0.0446. The van der Waals surface area contributed by atoms with Gasteiger partial charge in [-0.2, -0.15) is 0 Å². The summed E-state index contributed by atoms with van der Waals surface area (Å²) < 4.78 is 0. The zero-order chi connectivity index (χ0) is 11.7. The van der Waals surface area contributed by atoms with Crippen LogP contribution in [0.3, 0.4) is 0 Å². The van der Waals surface area contributed by atoms with Gasteiger partial charge in [-0.3, -0.25) is 4.79 Å². The fraction of sp³-hybridized carbons (Fsp3) is 0.462. The van der Waals surface area contributed by atoms with Crippen LogP contribution < -0.4 is 5.32 Å². The van der Waals surface area contributed by atoms with Crippen molar-refractivity contribution in [2.45, 2.75) is 39.7 Å². The number of hydrogen-bond donors (Lipinski definition) is 1. The molecule has 0 rings (SSSR count). The molecule has 0 aliphatic heterocycles. The van der Waals surface area contributed by atoms with Gasteiger partial charge < -0.3 is 5.32 Å². The van der Waals surface area contributed by atoms with Gasteiger partial charge in [0.25, 0.3) is 5.91 Å². The molecule has 15 heavy (non-hydrogen) atoms. The Morgan fingerprint density at radius 1 is 1.40 bits per heavy atom. The van der Waals surface area contributed by atoms with E-state index in [0.29, 0.717) is 5.57 Å². The summed E-state index contributed by atoms with van der Waals surface area (Å²) in [6, 6.07) is 0.256. The minimum Gasteiger partial charge on any atom is -0.349 e. The lowest BCUT2D eigenvalue weighted by Crippen LogP contribution is -2.34. The molecule has 1 N–H and O–H groups in total. The van der Waals surface area contributed by atoms with E-state index in [4.69, 9.17) is 0 Å². The molecule has 0 aliphatic rings. The predicted octanol–water partition coefficient (Wildman–Crippen LogP) is 2.98. The van der Waals surface area contributed by atoms with E-state index in [2.05, 4.69) is 25.7 Å². The highest BCUT2D eigenvalue weighted by molar-refractivity contribution is 5.96. The summed E-state index contributed by atoms with van der Waals surface area (Å²) >= 11 is 0. The quantitative estimate of drug-likeness (QED) is 0.526. The maximum atomic E-state index is 11.7. The van der Waals surface area contributed by atoms with Crippen LogP contribution in [0.5, 0.6) is 0 Å². The molecule has 0 aromatic heterocycles. The highest BCUT2D eigenvalue weighted by Gasteiger charge is 2.09. The number of carbonyl (C=O) groups is 1. The van der Waals surface area contributed by atoms with Gasteiger partial charge in [0.05, 0.1) is 0 Å². The number of carbonyl (C=O) groups excluding carboxylic acids is 1. The standard InChI is InChI=1S/C13H21NO/c1-5-9-10-11(6-2)13(15)14-12(7-3)8-4/h5-6,9-10,12H,2,7-8H2,1,3-4H3,(H,14,15)/b9-5+,11-10+. The fourth-order valence-electron chi connectivity index (χ4n) is 1.20. The van der Waals surface area contributed by atoms with Gasteiger partial charge in [-0.15, -0.1) is 0 Å². The van der Waals surface area contributed by atoms with Gasteiger partial charge in [-0.25, -0.2) is 0 Å². The lowest BCUT2D eigenvalue weighted by molar-refractivity contribution is -0.117. The number of hydrogen-bond acceptors (Lipinski definition) is 1. The summed E-state index contributed by atoms with van der Waals surface area (Å²) in [6.07, 6.45) is 8.98. The Morgan fingerprint density at radius 3 is 2.40 bits per heavy atom. The number of allylic oxidation sites excluding steroid dienone is 3. The van der Waals surface area contributed by atoms with E-state index < -0.39 is 0 Å². The van der Waals surface area contributed by atoms with Crippen LogP contribution in [0.2, 0.25) is 0 Å². The molecule has 0 atom stereocenters. The van der Waals surface area contributed by atoms with Crippen LogP contribution in [-0.4, -0.2) is 11.9 Å². The smallest absolute Gasteiger partial charge is 0.251 e. The van der Waals surface area contributed by atoms with Crippen molar-refractivity contribution < 1.29 is 4.79 Å². The minimum atomic E-state index is -0.0446. The first-order valence-corrected chi connectivity index (χ1v) is 5.45. The van der Waals surface area contributed by atoms with E-state index in [1.54, 1.807) is 12.2 Å². The van der Waals surface area contributed by atoms with Crippen LogP contribution in [0.15, 0.2) is 36.5 Å². The van der Waals surface area contributed by atoms with E-state index >= 15 is 0 Å². The Kier molecular flexibility index (Phi) is 7.33. The third kappa shape index (κ3) is 5.21. The Morgan fingerprint density at radius 2 is 2.00 bits per heavy atom. The summed E-state index contributed by atoms with van der Waals surface area (Å²) in [5, 5.41) is 2.96. The second-order valence-electron chi connectivity index (χ2n) is 3.34. The molecule has 1 amide bonds. The lowest BCUT2D eigenvalue weighted by Gasteiger charge is -2.14. The molecule has 0 saturated heterocycles. The largest absolute Gasteiger partial charge is 0.349 e. The Balaban J connectivity index is 4.46. The fourth-order valence-corrected chi connectivity index (χ4v) is 1.20. The van der Waals surface area contributed by atoms with Gasteiger partial charge in [0.15, 0.2) is 0 Å².